The van der Waals surface area contributed by atoms with Crippen LogP contribution in [-0.2, 0) is 12.5 Å². The number of aromatic nitrogens is 1. The highest BCUT2D eigenvalue weighted by Gasteiger charge is 2.55. The molecule has 0 atom stereocenters. The van der Waals surface area contributed by atoms with Gasteiger partial charge in [0.05, 0.1) is 18.9 Å². The van der Waals surface area contributed by atoms with Gasteiger partial charge in [0.25, 0.3) is 5.82 Å². The average molecular weight is 444 g/mol. The Morgan fingerprint density at radius 2 is 1.41 bits per heavy atom. The number of para-hydroxylation sites is 2. The molecule has 0 saturated heterocycles. The van der Waals surface area contributed by atoms with Gasteiger partial charge in [0.1, 0.15) is 5.69 Å². The van der Waals surface area contributed by atoms with Gasteiger partial charge in [-0.1, -0.05) is 69.3 Å². The summed E-state index contributed by atoms with van der Waals surface area (Å²) in [6.45, 7) is 11.4. The third-order valence-corrected chi connectivity index (χ3v) is 7.48. The molecule has 6 rings (SSSR count). The Kier molecular flexibility index (Phi) is 4.48. The van der Waals surface area contributed by atoms with Crippen LogP contribution < -0.4 is 19.7 Å². The normalized spacial score (nSPS) is 14.0. The summed E-state index contributed by atoms with van der Waals surface area (Å²) in [5.74, 6) is 1.21. The summed E-state index contributed by atoms with van der Waals surface area (Å²) in [5, 5.41) is 0. The Hall–Kier alpha value is -3.53. The highest BCUT2D eigenvalue weighted by molar-refractivity contribution is 6.86. The maximum atomic E-state index is 2.57. The number of aryl methyl sites for hydroxylation is 3. The predicted molar refractivity (Wildman–Crippen MR) is 144 cm³/mol. The number of anilines is 4. The SMILES string of the molecule is Cc1cccc2c1B1N(c3ccccc3-2)c2cccc(C)c2N1c1cc(C(C)(C)C)cc[n+]1C. The molecule has 0 N–H and O–H groups in total. The maximum absolute atomic E-state index is 2.57. The third-order valence-electron chi connectivity index (χ3n) is 7.48. The molecule has 3 aromatic carbocycles. The van der Waals surface area contributed by atoms with Crippen LogP contribution in [-0.4, -0.2) is 6.98 Å². The summed E-state index contributed by atoms with van der Waals surface area (Å²) in [7, 11) is 2.16. The van der Waals surface area contributed by atoms with Crippen LogP contribution >= 0.6 is 0 Å². The first-order chi connectivity index (χ1) is 16.3. The Labute approximate surface area is 203 Å². The van der Waals surface area contributed by atoms with Crippen molar-refractivity contribution in [1.82, 2.24) is 0 Å². The van der Waals surface area contributed by atoms with Gasteiger partial charge in [-0.05, 0) is 59.7 Å². The van der Waals surface area contributed by atoms with Crippen LogP contribution in [0.5, 0.6) is 0 Å². The van der Waals surface area contributed by atoms with Gasteiger partial charge in [-0.15, -0.1) is 0 Å². The highest BCUT2D eigenvalue weighted by atomic mass is 15.3. The number of benzene rings is 3. The van der Waals surface area contributed by atoms with Gasteiger partial charge < -0.3 is 4.81 Å². The quantitative estimate of drug-likeness (QED) is 0.260. The largest absolute Gasteiger partial charge is 0.543 e. The molecule has 0 spiro atoms. The van der Waals surface area contributed by atoms with E-state index in [9.17, 15) is 0 Å². The van der Waals surface area contributed by atoms with Gasteiger partial charge >= 0.3 is 6.98 Å². The number of nitrogens with zero attached hydrogens (tertiary/aromatic N) is 3. The Bertz CT molecular complexity index is 1450. The molecule has 34 heavy (non-hydrogen) atoms. The van der Waals surface area contributed by atoms with Crippen molar-refractivity contribution in [2.75, 3.05) is 9.62 Å². The van der Waals surface area contributed by atoms with Crippen LogP contribution in [0.15, 0.2) is 79.0 Å². The van der Waals surface area contributed by atoms with Crippen LogP contribution in [0, 0.1) is 13.8 Å². The second-order valence-corrected chi connectivity index (χ2v) is 10.7. The van der Waals surface area contributed by atoms with Crippen molar-refractivity contribution in [3.8, 4) is 11.1 Å². The summed E-state index contributed by atoms with van der Waals surface area (Å²) in [5.41, 5.74) is 11.9. The van der Waals surface area contributed by atoms with Crippen molar-refractivity contribution in [2.45, 2.75) is 40.0 Å². The van der Waals surface area contributed by atoms with Crippen molar-refractivity contribution < 1.29 is 4.57 Å². The minimum atomic E-state index is 0.0589. The second-order valence-electron chi connectivity index (χ2n) is 10.7. The lowest BCUT2D eigenvalue weighted by Gasteiger charge is -2.33. The van der Waals surface area contributed by atoms with Crippen molar-refractivity contribution >= 4 is 35.3 Å². The average Bonchev–Trinajstić information content (AvgIpc) is 3.15. The summed E-state index contributed by atoms with van der Waals surface area (Å²) in [6.07, 6.45) is 2.21. The number of hydrogen-bond donors (Lipinski definition) is 0. The van der Waals surface area contributed by atoms with Crippen LogP contribution in [0.2, 0.25) is 0 Å². The molecule has 4 aromatic rings. The fourth-order valence-corrected chi connectivity index (χ4v) is 5.71. The van der Waals surface area contributed by atoms with Crippen molar-refractivity contribution in [3.63, 3.8) is 0 Å². The van der Waals surface area contributed by atoms with E-state index >= 15 is 0 Å². The zero-order valence-corrected chi connectivity index (χ0v) is 20.9. The first kappa shape index (κ1) is 21.0. The summed E-state index contributed by atoms with van der Waals surface area (Å²) in [6, 6.07) is 26.9. The zero-order valence-electron chi connectivity index (χ0n) is 20.9. The summed E-state index contributed by atoms with van der Waals surface area (Å²) < 4.78 is 2.27. The van der Waals surface area contributed by atoms with E-state index < -0.39 is 0 Å². The first-order valence-corrected chi connectivity index (χ1v) is 12.1. The van der Waals surface area contributed by atoms with Crippen molar-refractivity contribution in [2.24, 2.45) is 7.05 Å². The Morgan fingerprint density at radius 3 is 2.21 bits per heavy atom. The van der Waals surface area contributed by atoms with E-state index in [0.29, 0.717) is 0 Å². The van der Waals surface area contributed by atoms with Crippen LogP contribution in [0.1, 0.15) is 37.5 Å². The minimum absolute atomic E-state index is 0.0589. The van der Waals surface area contributed by atoms with Gasteiger partial charge in [0.15, 0.2) is 0 Å². The Balaban J connectivity index is 1.71. The summed E-state index contributed by atoms with van der Waals surface area (Å²) >= 11 is 0. The van der Waals surface area contributed by atoms with E-state index in [4.69, 9.17) is 0 Å². The Morgan fingerprint density at radius 1 is 0.735 bits per heavy atom. The molecule has 168 valence electrons. The number of hydrogen-bond acceptors (Lipinski definition) is 2. The molecule has 1 aromatic heterocycles. The monoisotopic (exact) mass is 444 g/mol. The molecule has 0 radical (unpaired) electrons. The van der Waals surface area contributed by atoms with E-state index in [-0.39, 0.29) is 12.4 Å². The molecule has 0 bridgehead atoms. The molecule has 2 aliphatic heterocycles. The van der Waals surface area contributed by atoms with Crippen LogP contribution in [0.25, 0.3) is 11.1 Å². The smallest absolute Gasteiger partial charge is 0.335 e. The van der Waals surface area contributed by atoms with Crippen LogP contribution in [0.4, 0.5) is 22.9 Å². The molecule has 3 heterocycles. The molecular formula is C30H31BN3+. The van der Waals surface area contributed by atoms with Crippen molar-refractivity contribution in [3.05, 3.63) is 95.7 Å². The zero-order chi connectivity index (χ0) is 23.8. The second kappa shape index (κ2) is 7.23. The molecule has 0 amide bonds. The predicted octanol–water partition coefficient (Wildman–Crippen LogP) is 6.09. The number of pyridine rings is 1. The highest BCUT2D eigenvalue weighted by Crippen LogP contribution is 2.51. The van der Waals surface area contributed by atoms with Gasteiger partial charge in [0.2, 0.25) is 0 Å². The third kappa shape index (κ3) is 2.87. The molecule has 4 heteroatoms. The summed E-state index contributed by atoms with van der Waals surface area (Å²) in [4.78, 5) is 5.12. The lowest BCUT2D eigenvalue weighted by molar-refractivity contribution is -0.658. The van der Waals surface area contributed by atoms with Gasteiger partial charge in [-0.2, -0.15) is 0 Å². The minimum Gasteiger partial charge on any atom is -0.335 e. The van der Waals surface area contributed by atoms with E-state index in [1.165, 1.54) is 56.2 Å². The molecule has 0 aliphatic carbocycles. The molecule has 0 unspecified atom stereocenters. The molecule has 2 aliphatic rings. The topological polar surface area (TPSA) is 10.4 Å². The van der Waals surface area contributed by atoms with Gasteiger partial charge in [-0.3, -0.25) is 4.81 Å². The van der Waals surface area contributed by atoms with E-state index in [2.05, 4.69) is 135 Å². The molecular weight excluding hydrogens is 413 g/mol. The van der Waals surface area contributed by atoms with E-state index in [0.717, 1.165) is 0 Å². The standard InChI is InChI=1S/C30H31BN3/c1-20-11-9-14-24-23-13-7-8-15-25(23)33-26-16-10-12-21(2)29(26)34(31(33)28(20)24)27-19-22(30(3,4)5)17-18-32(27)6/h7-19H,1-6H3/q+1. The van der Waals surface area contributed by atoms with E-state index in [1.807, 2.05) is 0 Å². The fourth-order valence-electron chi connectivity index (χ4n) is 5.71. The fraction of sp³-hybridized carbons (Fsp3) is 0.233. The first-order valence-electron chi connectivity index (χ1n) is 12.1. The number of fused-ring (bicyclic) bond motifs is 8. The van der Waals surface area contributed by atoms with Crippen LogP contribution in [0.3, 0.4) is 0 Å². The van der Waals surface area contributed by atoms with Gasteiger partial charge in [0, 0.05) is 22.8 Å². The van der Waals surface area contributed by atoms with Gasteiger partial charge in [-0.25, -0.2) is 4.57 Å². The molecule has 0 fully saturated rings. The molecule has 3 nitrogen and oxygen atoms in total. The van der Waals surface area contributed by atoms with Crippen molar-refractivity contribution in [1.29, 1.82) is 0 Å². The number of rotatable bonds is 1. The molecule has 0 saturated carbocycles. The lowest BCUT2D eigenvalue weighted by Crippen LogP contribution is -2.58. The van der Waals surface area contributed by atoms with E-state index in [1.54, 1.807) is 0 Å². The maximum Gasteiger partial charge on any atom is 0.543 e. The lowest BCUT2D eigenvalue weighted by atomic mass is 9.58.